The van der Waals surface area contributed by atoms with E-state index in [1.165, 1.54) is 0 Å². The number of hydrogen-bond donors (Lipinski definition) is 1. The summed E-state index contributed by atoms with van der Waals surface area (Å²) in [7, 11) is 3.55. The second kappa shape index (κ2) is 3.96. The Morgan fingerprint density at radius 1 is 1.54 bits per heavy atom. The SMILES string of the molecule is CC1C(N)CCCN1C(=O)N(C)C. The number of rotatable bonds is 0. The quantitative estimate of drug-likeness (QED) is 0.596. The highest BCUT2D eigenvalue weighted by molar-refractivity contribution is 5.74. The van der Waals surface area contributed by atoms with E-state index in [1.54, 1.807) is 19.0 Å². The van der Waals surface area contributed by atoms with Gasteiger partial charge in [-0.15, -0.1) is 0 Å². The minimum absolute atomic E-state index is 0.0719. The fraction of sp³-hybridized carbons (Fsp3) is 0.889. The molecule has 76 valence electrons. The number of nitrogens with zero attached hydrogens (tertiary/aromatic N) is 2. The van der Waals surface area contributed by atoms with Crippen LogP contribution in [0.15, 0.2) is 0 Å². The number of carbonyl (C=O) groups excluding carboxylic acids is 1. The van der Waals surface area contributed by atoms with Crippen LogP contribution in [0, 0.1) is 0 Å². The topological polar surface area (TPSA) is 49.6 Å². The maximum Gasteiger partial charge on any atom is 0.319 e. The van der Waals surface area contributed by atoms with E-state index in [0.29, 0.717) is 0 Å². The molecule has 0 radical (unpaired) electrons. The molecule has 2 atom stereocenters. The Morgan fingerprint density at radius 2 is 2.15 bits per heavy atom. The highest BCUT2D eigenvalue weighted by Gasteiger charge is 2.29. The van der Waals surface area contributed by atoms with Gasteiger partial charge in [0, 0.05) is 32.7 Å². The molecule has 1 fully saturated rings. The third-order valence-corrected chi connectivity index (χ3v) is 2.68. The number of likely N-dealkylation sites (tertiary alicyclic amines) is 1. The van der Waals surface area contributed by atoms with Gasteiger partial charge in [0.05, 0.1) is 0 Å². The summed E-state index contributed by atoms with van der Waals surface area (Å²) in [6, 6.07) is 0.379. The van der Waals surface area contributed by atoms with E-state index < -0.39 is 0 Å². The lowest BCUT2D eigenvalue weighted by molar-refractivity contribution is 0.125. The van der Waals surface area contributed by atoms with Crippen molar-refractivity contribution < 1.29 is 4.79 Å². The highest BCUT2D eigenvalue weighted by atomic mass is 16.2. The molecule has 0 aliphatic carbocycles. The normalized spacial score (nSPS) is 28.8. The number of piperidine rings is 1. The number of nitrogens with two attached hydrogens (primary N) is 1. The van der Waals surface area contributed by atoms with Gasteiger partial charge in [0.1, 0.15) is 0 Å². The van der Waals surface area contributed by atoms with Crippen LogP contribution in [0.1, 0.15) is 19.8 Å². The third-order valence-electron chi connectivity index (χ3n) is 2.68. The van der Waals surface area contributed by atoms with Crippen LogP contribution in [-0.4, -0.2) is 48.6 Å². The molecule has 4 nitrogen and oxygen atoms in total. The highest BCUT2D eigenvalue weighted by Crippen LogP contribution is 2.16. The van der Waals surface area contributed by atoms with Gasteiger partial charge < -0.3 is 15.5 Å². The number of amides is 2. The van der Waals surface area contributed by atoms with Crippen molar-refractivity contribution in [1.29, 1.82) is 0 Å². The van der Waals surface area contributed by atoms with Crippen molar-refractivity contribution in [3.8, 4) is 0 Å². The van der Waals surface area contributed by atoms with Gasteiger partial charge in [0.15, 0.2) is 0 Å². The van der Waals surface area contributed by atoms with Gasteiger partial charge in [0.2, 0.25) is 0 Å². The van der Waals surface area contributed by atoms with E-state index in [-0.39, 0.29) is 18.1 Å². The van der Waals surface area contributed by atoms with Gasteiger partial charge in [-0.25, -0.2) is 4.79 Å². The lowest BCUT2D eigenvalue weighted by Crippen LogP contribution is -2.55. The molecule has 0 spiro atoms. The standard InChI is InChI=1S/C9H19N3O/c1-7-8(10)5-4-6-12(7)9(13)11(2)3/h7-8H,4-6,10H2,1-3H3. The first-order valence-electron chi connectivity index (χ1n) is 4.77. The molecule has 1 rings (SSSR count). The molecular formula is C9H19N3O. The van der Waals surface area contributed by atoms with Crippen molar-refractivity contribution in [2.75, 3.05) is 20.6 Å². The van der Waals surface area contributed by atoms with Gasteiger partial charge in [-0.3, -0.25) is 0 Å². The summed E-state index contributed by atoms with van der Waals surface area (Å²) in [4.78, 5) is 15.1. The first-order chi connectivity index (χ1) is 6.04. The summed E-state index contributed by atoms with van der Waals surface area (Å²) in [6.45, 7) is 2.86. The van der Waals surface area contributed by atoms with Crippen LogP contribution in [0.3, 0.4) is 0 Å². The Balaban J connectivity index is 2.62. The summed E-state index contributed by atoms with van der Waals surface area (Å²) in [5.41, 5.74) is 5.89. The summed E-state index contributed by atoms with van der Waals surface area (Å²) in [5, 5.41) is 0. The van der Waals surface area contributed by atoms with Crippen molar-refractivity contribution in [3.63, 3.8) is 0 Å². The molecule has 0 aromatic carbocycles. The lowest BCUT2D eigenvalue weighted by Gasteiger charge is -2.38. The van der Waals surface area contributed by atoms with Crippen molar-refractivity contribution >= 4 is 6.03 Å². The summed E-state index contributed by atoms with van der Waals surface area (Å²) < 4.78 is 0. The maximum atomic E-state index is 11.7. The van der Waals surface area contributed by atoms with Crippen LogP contribution in [0.4, 0.5) is 4.79 Å². The fourth-order valence-corrected chi connectivity index (χ4v) is 1.70. The van der Waals surface area contributed by atoms with Gasteiger partial charge in [-0.1, -0.05) is 0 Å². The van der Waals surface area contributed by atoms with Gasteiger partial charge >= 0.3 is 6.03 Å². The predicted octanol–water partition coefficient (Wildman–Crippen LogP) is 0.480. The van der Waals surface area contributed by atoms with E-state index in [0.717, 1.165) is 19.4 Å². The van der Waals surface area contributed by atoms with E-state index >= 15 is 0 Å². The zero-order valence-electron chi connectivity index (χ0n) is 8.66. The second-order valence-corrected chi connectivity index (χ2v) is 3.92. The summed E-state index contributed by atoms with van der Waals surface area (Å²) in [5.74, 6) is 0. The average molecular weight is 185 g/mol. The number of urea groups is 1. The number of hydrogen-bond acceptors (Lipinski definition) is 2. The van der Waals surface area contributed by atoms with Crippen LogP contribution in [-0.2, 0) is 0 Å². The van der Waals surface area contributed by atoms with E-state index in [9.17, 15) is 4.79 Å². The largest absolute Gasteiger partial charge is 0.331 e. The van der Waals surface area contributed by atoms with Crippen LogP contribution < -0.4 is 5.73 Å². The Labute approximate surface area is 79.7 Å². The smallest absolute Gasteiger partial charge is 0.319 e. The average Bonchev–Trinajstić information content (AvgIpc) is 2.08. The molecule has 4 heteroatoms. The van der Waals surface area contributed by atoms with Gasteiger partial charge in [0.25, 0.3) is 0 Å². The zero-order valence-corrected chi connectivity index (χ0v) is 8.66. The minimum Gasteiger partial charge on any atom is -0.331 e. The molecule has 0 aromatic rings. The molecule has 13 heavy (non-hydrogen) atoms. The second-order valence-electron chi connectivity index (χ2n) is 3.92. The third kappa shape index (κ3) is 2.12. The van der Waals surface area contributed by atoms with Crippen molar-refractivity contribution in [2.45, 2.75) is 31.8 Å². The molecule has 1 aliphatic rings. The Hall–Kier alpha value is -0.770. The molecule has 0 bridgehead atoms. The molecule has 2 amide bonds. The van der Waals surface area contributed by atoms with E-state index in [2.05, 4.69) is 0 Å². The molecular weight excluding hydrogens is 166 g/mol. The summed E-state index contributed by atoms with van der Waals surface area (Å²) in [6.07, 6.45) is 2.05. The Bertz CT molecular complexity index is 193. The summed E-state index contributed by atoms with van der Waals surface area (Å²) >= 11 is 0. The zero-order chi connectivity index (χ0) is 10.0. The number of carbonyl (C=O) groups is 1. The minimum atomic E-state index is 0.0719. The van der Waals surface area contributed by atoms with Crippen LogP contribution in [0.25, 0.3) is 0 Å². The fourth-order valence-electron chi connectivity index (χ4n) is 1.70. The van der Waals surface area contributed by atoms with Crippen molar-refractivity contribution in [3.05, 3.63) is 0 Å². The van der Waals surface area contributed by atoms with Crippen LogP contribution >= 0.6 is 0 Å². The first kappa shape index (κ1) is 10.3. The molecule has 0 saturated carbocycles. The van der Waals surface area contributed by atoms with Crippen LogP contribution in [0.2, 0.25) is 0 Å². The lowest BCUT2D eigenvalue weighted by atomic mass is 9.99. The van der Waals surface area contributed by atoms with E-state index in [4.69, 9.17) is 5.73 Å². The van der Waals surface area contributed by atoms with Crippen molar-refractivity contribution in [1.82, 2.24) is 9.80 Å². The molecule has 2 N–H and O–H groups in total. The molecule has 0 aromatic heterocycles. The van der Waals surface area contributed by atoms with E-state index in [1.807, 2.05) is 11.8 Å². The predicted molar refractivity (Wildman–Crippen MR) is 52.5 cm³/mol. The Kier molecular flexibility index (Phi) is 3.14. The molecule has 1 aliphatic heterocycles. The molecule has 1 saturated heterocycles. The first-order valence-corrected chi connectivity index (χ1v) is 4.77. The van der Waals surface area contributed by atoms with Gasteiger partial charge in [-0.05, 0) is 19.8 Å². The molecule has 1 heterocycles. The maximum absolute atomic E-state index is 11.7. The Morgan fingerprint density at radius 3 is 2.69 bits per heavy atom. The van der Waals surface area contributed by atoms with Crippen molar-refractivity contribution in [2.24, 2.45) is 5.73 Å². The van der Waals surface area contributed by atoms with Gasteiger partial charge in [-0.2, -0.15) is 0 Å². The molecule has 2 unspecified atom stereocenters. The van der Waals surface area contributed by atoms with Crippen LogP contribution in [0.5, 0.6) is 0 Å². The monoisotopic (exact) mass is 185 g/mol.